The minimum absolute atomic E-state index is 0.664. The van der Waals surface area contributed by atoms with Gasteiger partial charge in [-0.05, 0) is 181 Å². The number of nitrogens with zero attached hydrogens (tertiary/aromatic N) is 2. The van der Waals surface area contributed by atoms with E-state index in [0.29, 0.717) is 6.61 Å². The van der Waals surface area contributed by atoms with Crippen molar-refractivity contribution in [3.05, 3.63) is 281 Å². The molecule has 0 atom stereocenters. The summed E-state index contributed by atoms with van der Waals surface area (Å²) >= 11 is 0. The molecule has 10 rings (SSSR count). The lowest BCUT2D eigenvalue weighted by Gasteiger charge is -2.27. The molecule has 0 heterocycles. The van der Waals surface area contributed by atoms with E-state index in [1.54, 1.807) is 0 Å². The van der Waals surface area contributed by atoms with Gasteiger partial charge in [0.05, 0.1) is 6.61 Å². The summed E-state index contributed by atoms with van der Waals surface area (Å²) in [5.41, 5.74) is 24.7. The number of ether oxygens (including phenoxy) is 1. The highest BCUT2D eigenvalue weighted by molar-refractivity contribution is 5.84. The number of hydrogen-bond acceptors (Lipinski definition) is 3. The van der Waals surface area contributed by atoms with Crippen LogP contribution in [0.25, 0.3) is 57.7 Å². The highest BCUT2D eigenvalue weighted by Gasteiger charge is 2.17. The maximum atomic E-state index is 5.62. The van der Waals surface area contributed by atoms with Crippen LogP contribution in [-0.2, 0) is 0 Å². The van der Waals surface area contributed by atoms with Crippen LogP contribution >= 0.6 is 0 Å². The lowest BCUT2D eigenvalue weighted by molar-refractivity contribution is 0.340. The first-order valence-electron chi connectivity index (χ1n) is 25.7. The molecule has 0 saturated carbocycles. The Morgan fingerprint density at radius 3 is 0.851 bits per heavy atom. The smallest absolute Gasteiger partial charge is 0.119 e. The molecule has 3 nitrogen and oxygen atoms in total. The zero-order valence-corrected chi connectivity index (χ0v) is 43.3. The second-order valence-corrected chi connectivity index (χ2v) is 19.3. The molecule has 0 aromatic heterocycles. The summed E-state index contributed by atoms with van der Waals surface area (Å²) in [6.07, 6.45) is 8.65. The van der Waals surface area contributed by atoms with Gasteiger partial charge < -0.3 is 14.5 Å². The molecule has 362 valence electrons. The van der Waals surface area contributed by atoms with Crippen molar-refractivity contribution in [2.24, 2.45) is 0 Å². The first kappa shape index (κ1) is 48.7. The number of benzene rings is 10. The van der Waals surface area contributed by atoms with Gasteiger partial charge in [0.2, 0.25) is 0 Å². The van der Waals surface area contributed by atoms with Crippen molar-refractivity contribution in [2.45, 2.75) is 41.5 Å². The topological polar surface area (TPSA) is 15.7 Å². The summed E-state index contributed by atoms with van der Waals surface area (Å²) in [5, 5.41) is 0. The summed E-state index contributed by atoms with van der Waals surface area (Å²) in [5.74, 6) is 0.891. The fraction of sp³-hybridized carbons (Fsp3) is 0.0986. The van der Waals surface area contributed by atoms with Gasteiger partial charge >= 0.3 is 0 Å². The third kappa shape index (κ3) is 11.4. The fourth-order valence-corrected chi connectivity index (χ4v) is 9.66. The van der Waals surface area contributed by atoms with Gasteiger partial charge in [-0.25, -0.2) is 0 Å². The van der Waals surface area contributed by atoms with Crippen molar-refractivity contribution in [1.29, 1.82) is 0 Å². The molecule has 0 aliphatic carbocycles. The van der Waals surface area contributed by atoms with Crippen molar-refractivity contribution in [3.63, 3.8) is 0 Å². The van der Waals surface area contributed by atoms with Crippen LogP contribution in [0.2, 0.25) is 0 Å². The molecule has 3 heteroatoms. The van der Waals surface area contributed by atoms with Crippen LogP contribution in [0.1, 0.15) is 57.0 Å². The van der Waals surface area contributed by atoms with E-state index in [4.69, 9.17) is 4.74 Å². The predicted octanol–water partition coefficient (Wildman–Crippen LogP) is 19.9. The monoisotopic (exact) mass is 958 g/mol. The first-order valence-corrected chi connectivity index (χ1v) is 25.7. The molecule has 0 N–H and O–H groups in total. The average molecular weight is 959 g/mol. The van der Waals surface area contributed by atoms with Gasteiger partial charge in [-0.1, -0.05) is 199 Å². The lowest BCUT2D eigenvalue weighted by atomic mass is 9.97. The quantitative estimate of drug-likeness (QED) is 0.0953. The van der Waals surface area contributed by atoms with Gasteiger partial charge in [-0.15, -0.1) is 0 Å². The Balaban J connectivity index is 0.834. The molecular formula is C71H62N2O. The van der Waals surface area contributed by atoms with Crippen molar-refractivity contribution in [3.8, 4) is 39.1 Å². The van der Waals surface area contributed by atoms with Crippen LogP contribution in [0.5, 0.6) is 5.75 Å². The molecule has 0 aliphatic rings. The maximum Gasteiger partial charge on any atom is 0.119 e. The van der Waals surface area contributed by atoms with Gasteiger partial charge in [0.1, 0.15) is 5.75 Å². The molecule has 0 fully saturated rings. The van der Waals surface area contributed by atoms with E-state index in [1.807, 2.05) is 19.1 Å². The van der Waals surface area contributed by atoms with E-state index < -0.39 is 0 Å². The number of anilines is 6. The van der Waals surface area contributed by atoms with Crippen LogP contribution in [0.4, 0.5) is 34.1 Å². The molecule has 0 unspecified atom stereocenters. The average Bonchev–Trinajstić information content (AvgIpc) is 3.43. The van der Waals surface area contributed by atoms with Crippen molar-refractivity contribution in [2.75, 3.05) is 16.4 Å². The minimum atomic E-state index is 0.664. The van der Waals surface area contributed by atoms with Crippen LogP contribution < -0.4 is 14.5 Å². The fourth-order valence-electron chi connectivity index (χ4n) is 9.66. The van der Waals surface area contributed by atoms with Crippen LogP contribution in [-0.4, -0.2) is 6.61 Å². The largest absolute Gasteiger partial charge is 0.494 e. The molecule has 0 radical (unpaired) electrons. The van der Waals surface area contributed by atoms with E-state index in [2.05, 4.69) is 287 Å². The lowest BCUT2D eigenvalue weighted by Crippen LogP contribution is -2.11. The highest BCUT2D eigenvalue weighted by atomic mass is 16.5. The van der Waals surface area contributed by atoms with E-state index in [1.165, 1.54) is 72.4 Å². The predicted molar refractivity (Wildman–Crippen MR) is 318 cm³/mol. The van der Waals surface area contributed by atoms with Crippen molar-refractivity contribution >= 4 is 58.4 Å². The Labute approximate surface area is 438 Å². The summed E-state index contributed by atoms with van der Waals surface area (Å²) in [7, 11) is 0. The number of aryl methyl sites for hydroxylation is 5. The van der Waals surface area contributed by atoms with E-state index in [-0.39, 0.29) is 0 Å². The normalized spacial score (nSPS) is 11.3. The highest BCUT2D eigenvalue weighted by Crippen LogP contribution is 2.40. The van der Waals surface area contributed by atoms with Crippen LogP contribution in [0.15, 0.2) is 231 Å². The first-order chi connectivity index (χ1) is 36.1. The number of rotatable bonds is 15. The Hall–Kier alpha value is -8.92. The zero-order valence-electron chi connectivity index (χ0n) is 43.3. The molecule has 10 aromatic rings. The van der Waals surface area contributed by atoms with E-state index in [9.17, 15) is 0 Å². The summed E-state index contributed by atoms with van der Waals surface area (Å²) < 4.78 is 5.62. The zero-order chi connectivity index (χ0) is 51.0. The minimum Gasteiger partial charge on any atom is -0.494 e. The van der Waals surface area contributed by atoms with Gasteiger partial charge in [0, 0.05) is 34.1 Å². The van der Waals surface area contributed by atoms with Gasteiger partial charge in [0.25, 0.3) is 0 Å². The summed E-state index contributed by atoms with van der Waals surface area (Å²) in [6.45, 7) is 13.5. The van der Waals surface area contributed by atoms with Crippen molar-refractivity contribution < 1.29 is 4.74 Å². The number of hydrogen-bond donors (Lipinski definition) is 0. The standard InChI is InChI=1S/C71H62N2O/c1-7-74-69-44-22-58(23-45-69)17-16-57-20-38-66(39-21-57)73(71-47-11-52(4)49-54(71)6)68-42-34-64(35-43-68)62-30-26-60(27-31-62)59-24-28-61(29-25-59)63-32-40-67(41-33-63)72(70-46-10-51(3)48-53(70)5)65-36-18-56(19-37-65)15-14-55-12-8-50(2)9-13-55/h8-49H,7H2,1-6H3/b15-14+,17-16+. The molecule has 0 aliphatic heterocycles. The molecular weight excluding hydrogens is 897 g/mol. The second kappa shape index (κ2) is 22.2. The molecule has 0 amide bonds. The summed E-state index contributed by atoms with van der Waals surface area (Å²) in [4.78, 5) is 4.71. The molecule has 0 bridgehead atoms. The van der Waals surface area contributed by atoms with Gasteiger partial charge in [-0.2, -0.15) is 0 Å². The molecule has 10 aromatic carbocycles. The second-order valence-electron chi connectivity index (χ2n) is 19.3. The maximum absolute atomic E-state index is 5.62. The van der Waals surface area contributed by atoms with Crippen LogP contribution in [0, 0.1) is 34.6 Å². The Bertz CT molecular complexity index is 3530. The molecule has 0 spiro atoms. The van der Waals surface area contributed by atoms with Gasteiger partial charge in [0.15, 0.2) is 0 Å². The molecule has 0 saturated heterocycles. The SMILES string of the molecule is CCOc1ccc(/C=C/c2ccc(N(c3ccc(-c4ccc(-c5ccc(-c6ccc(N(c7ccc(/C=C/c8ccc(C)cc8)cc7)c7ccc(C)cc7C)cc6)cc5)cc4)cc3)c3ccc(C)cc3C)cc2)cc1. The van der Waals surface area contributed by atoms with Gasteiger partial charge in [-0.3, -0.25) is 0 Å². The van der Waals surface area contributed by atoms with E-state index >= 15 is 0 Å². The Morgan fingerprint density at radius 1 is 0.297 bits per heavy atom. The Morgan fingerprint density at radius 2 is 0.554 bits per heavy atom. The third-order valence-corrected chi connectivity index (χ3v) is 13.7. The van der Waals surface area contributed by atoms with E-state index in [0.717, 1.165) is 50.9 Å². The molecule has 74 heavy (non-hydrogen) atoms. The summed E-state index contributed by atoms with van der Waals surface area (Å²) in [6, 6.07) is 83.6. The third-order valence-electron chi connectivity index (χ3n) is 13.7. The van der Waals surface area contributed by atoms with Crippen LogP contribution in [0.3, 0.4) is 0 Å². The Kier molecular flexibility index (Phi) is 14.6. The van der Waals surface area contributed by atoms with Crippen molar-refractivity contribution in [1.82, 2.24) is 0 Å².